The number of rotatable bonds is 8. The van der Waals surface area contributed by atoms with Crippen molar-refractivity contribution in [2.45, 2.75) is 37.1 Å². The number of esters is 1. The number of carbonyl (C=O) groups is 1. The summed E-state index contributed by atoms with van der Waals surface area (Å²) in [7, 11) is -2.74. The number of ether oxygens (including phenoxy) is 1. The maximum atomic E-state index is 12.5. The molecular formula is C14H21ClN2O4S. The summed E-state index contributed by atoms with van der Waals surface area (Å²) in [6.45, 7) is 2.18. The predicted octanol–water partition coefficient (Wildman–Crippen LogP) is 1.92. The van der Waals surface area contributed by atoms with Crippen molar-refractivity contribution in [2.24, 2.45) is 5.73 Å². The van der Waals surface area contributed by atoms with E-state index in [0.717, 1.165) is 12.8 Å². The molecule has 8 heteroatoms. The van der Waals surface area contributed by atoms with E-state index in [1.54, 1.807) is 0 Å². The monoisotopic (exact) mass is 348 g/mol. The van der Waals surface area contributed by atoms with Gasteiger partial charge in [0.1, 0.15) is 0 Å². The van der Waals surface area contributed by atoms with E-state index in [-0.39, 0.29) is 22.0 Å². The average molecular weight is 349 g/mol. The highest BCUT2D eigenvalue weighted by atomic mass is 35.5. The van der Waals surface area contributed by atoms with E-state index in [1.165, 1.54) is 25.3 Å². The third kappa shape index (κ3) is 4.95. The molecule has 0 saturated carbocycles. The molecule has 0 radical (unpaired) electrons. The van der Waals surface area contributed by atoms with Crippen molar-refractivity contribution in [3.63, 3.8) is 0 Å². The lowest BCUT2D eigenvalue weighted by Crippen LogP contribution is -2.40. The lowest BCUT2D eigenvalue weighted by molar-refractivity contribution is 0.0596. The van der Waals surface area contributed by atoms with Crippen molar-refractivity contribution < 1.29 is 17.9 Å². The Bertz CT molecular complexity index is 619. The van der Waals surface area contributed by atoms with E-state index in [9.17, 15) is 13.2 Å². The molecule has 0 amide bonds. The summed E-state index contributed by atoms with van der Waals surface area (Å²) < 4.78 is 32.2. The molecule has 1 aromatic carbocycles. The van der Waals surface area contributed by atoms with Gasteiger partial charge in [0, 0.05) is 17.6 Å². The van der Waals surface area contributed by atoms with Crippen molar-refractivity contribution in [1.29, 1.82) is 0 Å². The van der Waals surface area contributed by atoms with E-state index in [2.05, 4.69) is 9.46 Å². The Hall–Kier alpha value is -1.15. The summed E-state index contributed by atoms with van der Waals surface area (Å²) in [6.07, 6.45) is 2.41. The van der Waals surface area contributed by atoms with Crippen LogP contribution in [0.5, 0.6) is 0 Å². The molecule has 0 bridgehead atoms. The van der Waals surface area contributed by atoms with Crippen LogP contribution in [0.2, 0.25) is 5.02 Å². The van der Waals surface area contributed by atoms with Crippen molar-refractivity contribution >= 4 is 27.6 Å². The van der Waals surface area contributed by atoms with Crippen LogP contribution in [0.15, 0.2) is 23.1 Å². The topological polar surface area (TPSA) is 98.5 Å². The number of unbranched alkanes of at least 4 members (excludes halogenated alkanes) is 1. The Balaban J connectivity index is 3.16. The molecule has 6 nitrogen and oxygen atoms in total. The van der Waals surface area contributed by atoms with Gasteiger partial charge in [0.2, 0.25) is 10.0 Å². The summed E-state index contributed by atoms with van der Waals surface area (Å²) in [5, 5.41) is 0.214. The molecule has 3 N–H and O–H groups in total. The number of carbonyl (C=O) groups excluding carboxylic acids is 1. The van der Waals surface area contributed by atoms with E-state index in [1.807, 2.05) is 6.92 Å². The van der Waals surface area contributed by atoms with Crippen molar-refractivity contribution in [3.05, 3.63) is 28.8 Å². The number of halogens is 1. The first kappa shape index (κ1) is 18.9. The molecule has 124 valence electrons. The second-order valence-electron chi connectivity index (χ2n) is 4.83. The van der Waals surface area contributed by atoms with Gasteiger partial charge in [0.25, 0.3) is 0 Å². The number of nitrogens with one attached hydrogen (secondary N) is 1. The van der Waals surface area contributed by atoms with Crippen LogP contribution in [0.3, 0.4) is 0 Å². The molecule has 1 rings (SSSR count). The number of hydrogen-bond donors (Lipinski definition) is 2. The Morgan fingerprint density at radius 3 is 2.68 bits per heavy atom. The summed E-state index contributed by atoms with van der Waals surface area (Å²) in [5.41, 5.74) is 5.54. The predicted molar refractivity (Wildman–Crippen MR) is 85.5 cm³/mol. The van der Waals surface area contributed by atoms with Gasteiger partial charge in [-0.3, -0.25) is 0 Å². The number of sulfonamides is 1. The molecule has 0 spiro atoms. The van der Waals surface area contributed by atoms with E-state index in [4.69, 9.17) is 17.3 Å². The summed E-state index contributed by atoms with van der Waals surface area (Å²) in [4.78, 5) is 11.5. The maximum Gasteiger partial charge on any atom is 0.339 e. The first-order chi connectivity index (χ1) is 10.4. The van der Waals surface area contributed by atoms with Gasteiger partial charge in [-0.15, -0.1) is 0 Å². The molecule has 1 unspecified atom stereocenters. The van der Waals surface area contributed by atoms with Gasteiger partial charge < -0.3 is 10.5 Å². The zero-order valence-corrected chi connectivity index (χ0v) is 14.2. The van der Waals surface area contributed by atoms with Gasteiger partial charge >= 0.3 is 5.97 Å². The number of nitrogens with two attached hydrogens (primary N) is 1. The fourth-order valence-corrected chi connectivity index (χ4v) is 3.70. The Labute approximate surface area is 136 Å². The molecular weight excluding hydrogens is 328 g/mol. The van der Waals surface area contributed by atoms with Crippen molar-refractivity contribution in [3.8, 4) is 0 Å². The van der Waals surface area contributed by atoms with E-state index < -0.39 is 22.0 Å². The lowest BCUT2D eigenvalue weighted by atomic mass is 10.1. The Morgan fingerprint density at radius 1 is 1.45 bits per heavy atom. The minimum absolute atomic E-state index is 0.0642. The largest absolute Gasteiger partial charge is 0.465 e. The Kier molecular flexibility index (Phi) is 7.28. The third-order valence-electron chi connectivity index (χ3n) is 3.15. The molecule has 0 fully saturated rings. The second-order valence-corrected chi connectivity index (χ2v) is 6.95. The van der Waals surface area contributed by atoms with Gasteiger partial charge in [0.05, 0.1) is 17.6 Å². The fraction of sp³-hybridized carbons (Fsp3) is 0.500. The van der Waals surface area contributed by atoms with Crippen LogP contribution in [0, 0.1) is 0 Å². The summed E-state index contributed by atoms with van der Waals surface area (Å²) in [6, 6.07) is 3.59. The number of hydrogen-bond acceptors (Lipinski definition) is 5. The van der Waals surface area contributed by atoms with Crippen LogP contribution >= 0.6 is 11.6 Å². The van der Waals surface area contributed by atoms with Crippen LogP contribution in [0.1, 0.15) is 36.5 Å². The molecule has 0 aromatic heterocycles. The van der Waals surface area contributed by atoms with Crippen LogP contribution < -0.4 is 10.5 Å². The number of methoxy groups -OCH3 is 1. The molecule has 0 saturated heterocycles. The zero-order valence-electron chi connectivity index (χ0n) is 12.6. The van der Waals surface area contributed by atoms with Crippen molar-refractivity contribution in [1.82, 2.24) is 4.72 Å². The van der Waals surface area contributed by atoms with Gasteiger partial charge in [-0.25, -0.2) is 17.9 Å². The highest BCUT2D eigenvalue weighted by Gasteiger charge is 2.25. The van der Waals surface area contributed by atoms with E-state index >= 15 is 0 Å². The van der Waals surface area contributed by atoms with Crippen LogP contribution in [0.4, 0.5) is 0 Å². The van der Waals surface area contributed by atoms with Gasteiger partial charge in [-0.2, -0.15) is 0 Å². The first-order valence-corrected chi connectivity index (χ1v) is 8.82. The van der Waals surface area contributed by atoms with Crippen LogP contribution in [0.25, 0.3) is 0 Å². The second kappa shape index (κ2) is 8.47. The van der Waals surface area contributed by atoms with Gasteiger partial charge in [-0.1, -0.05) is 31.4 Å². The first-order valence-electron chi connectivity index (χ1n) is 6.96. The molecule has 1 aromatic rings. The molecule has 0 aliphatic heterocycles. The highest BCUT2D eigenvalue weighted by Crippen LogP contribution is 2.22. The molecule has 0 aliphatic rings. The lowest BCUT2D eigenvalue weighted by Gasteiger charge is -2.18. The quantitative estimate of drug-likeness (QED) is 0.699. The smallest absolute Gasteiger partial charge is 0.339 e. The zero-order chi connectivity index (χ0) is 16.8. The van der Waals surface area contributed by atoms with E-state index in [0.29, 0.717) is 6.42 Å². The van der Waals surface area contributed by atoms with Gasteiger partial charge in [0.15, 0.2) is 0 Å². The average Bonchev–Trinajstić information content (AvgIpc) is 2.50. The Morgan fingerprint density at radius 2 is 2.14 bits per heavy atom. The number of benzene rings is 1. The van der Waals surface area contributed by atoms with Crippen molar-refractivity contribution in [2.75, 3.05) is 13.7 Å². The minimum atomic E-state index is -3.93. The highest BCUT2D eigenvalue weighted by molar-refractivity contribution is 7.89. The summed E-state index contributed by atoms with van der Waals surface area (Å²) in [5.74, 6) is -0.741. The molecule has 0 heterocycles. The molecule has 0 aliphatic carbocycles. The minimum Gasteiger partial charge on any atom is -0.465 e. The van der Waals surface area contributed by atoms with Gasteiger partial charge in [-0.05, 0) is 24.6 Å². The molecule has 1 atom stereocenters. The fourth-order valence-electron chi connectivity index (χ4n) is 1.96. The summed E-state index contributed by atoms with van der Waals surface area (Å²) >= 11 is 5.86. The third-order valence-corrected chi connectivity index (χ3v) is 4.95. The standard InChI is InChI=1S/C14H21ClN2O4S/c1-3-4-5-11(9-16)17-22(19,20)13-8-10(15)6-7-12(13)14(18)21-2/h6-8,11,17H,3-5,9,16H2,1-2H3. The molecule has 22 heavy (non-hydrogen) atoms. The van der Waals surface area contributed by atoms with Crippen LogP contribution in [-0.4, -0.2) is 34.1 Å². The van der Waals surface area contributed by atoms with Crippen LogP contribution in [-0.2, 0) is 14.8 Å². The SMILES string of the molecule is CCCCC(CN)NS(=O)(=O)c1cc(Cl)ccc1C(=O)OC. The maximum absolute atomic E-state index is 12.5. The normalized spacial score (nSPS) is 12.9.